The van der Waals surface area contributed by atoms with Crippen molar-refractivity contribution in [2.24, 2.45) is 0 Å². The fraction of sp³-hybridized carbons (Fsp3) is 0.286. The van der Waals surface area contributed by atoms with Gasteiger partial charge in [0.05, 0.1) is 12.7 Å². The number of rotatable bonds is 5. The Labute approximate surface area is 116 Å². The van der Waals surface area contributed by atoms with Crippen molar-refractivity contribution in [1.82, 2.24) is 9.78 Å². The van der Waals surface area contributed by atoms with Gasteiger partial charge >= 0.3 is 5.97 Å². The predicted octanol–water partition coefficient (Wildman–Crippen LogP) is 2.91. The van der Waals surface area contributed by atoms with E-state index < -0.39 is 5.97 Å². The average Bonchev–Trinajstić information content (AvgIpc) is 2.71. The molecule has 5 heteroatoms. The van der Waals surface area contributed by atoms with Crippen LogP contribution in [0.25, 0.3) is 0 Å². The molecule has 0 fully saturated rings. The molecule has 0 aliphatic rings. The lowest BCUT2D eigenvalue weighted by Crippen LogP contribution is -2.03. The highest BCUT2D eigenvalue weighted by molar-refractivity contribution is 6.30. The van der Waals surface area contributed by atoms with Gasteiger partial charge < -0.3 is 5.11 Å². The van der Waals surface area contributed by atoms with E-state index in [4.69, 9.17) is 16.7 Å². The van der Waals surface area contributed by atoms with Crippen molar-refractivity contribution in [3.8, 4) is 0 Å². The molecule has 1 N–H and O–H groups in total. The third kappa shape index (κ3) is 3.35. The number of carboxylic acid groups (broad SMARTS) is 1. The molecule has 19 heavy (non-hydrogen) atoms. The molecule has 0 bridgehead atoms. The average molecular weight is 279 g/mol. The normalized spacial score (nSPS) is 10.6. The second kappa shape index (κ2) is 5.89. The highest BCUT2D eigenvalue weighted by Crippen LogP contribution is 2.19. The maximum Gasteiger partial charge on any atom is 0.303 e. The molecule has 2 rings (SSSR count). The summed E-state index contributed by atoms with van der Waals surface area (Å²) in [6.07, 6.45) is 2.11. The van der Waals surface area contributed by atoms with E-state index in [2.05, 4.69) is 5.10 Å². The molecule has 0 saturated carbocycles. The van der Waals surface area contributed by atoms with Crippen LogP contribution < -0.4 is 0 Å². The van der Waals surface area contributed by atoms with E-state index in [0.717, 1.165) is 11.1 Å². The van der Waals surface area contributed by atoms with E-state index in [1.54, 1.807) is 10.9 Å². The van der Waals surface area contributed by atoms with E-state index in [1.165, 1.54) is 5.56 Å². The lowest BCUT2D eigenvalue weighted by atomic mass is 10.1. The monoisotopic (exact) mass is 278 g/mol. The first-order chi connectivity index (χ1) is 9.08. The number of carbonyl (C=O) groups is 1. The summed E-state index contributed by atoms with van der Waals surface area (Å²) in [6, 6.07) is 8.04. The zero-order chi connectivity index (χ0) is 13.8. The fourth-order valence-corrected chi connectivity index (χ4v) is 2.12. The van der Waals surface area contributed by atoms with Crippen LogP contribution in [0.1, 0.15) is 23.1 Å². The van der Waals surface area contributed by atoms with E-state index >= 15 is 0 Å². The van der Waals surface area contributed by atoms with Crippen LogP contribution in [0.5, 0.6) is 0 Å². The van der Waals surface area contributed by atoms with E-state index in [1.807, 2.05) is 31.2 Å². The maximum atomic E-state index is 10.6. The highest BCUT2D eigenvalue weighted by atomic mass is 35.5. The van der Waals surface area contributed by atoms with Crippen LogP contribution in [0.2, 0.25) is 5.15 Å². The lowest BCUT2D eigenvalue weighted by molar-refractivity contribution is -0.136. The Kier molecular flexibility index (Phi) is 4.22. The summed E-state index contributed by atoms with van der Waals surface area (Å²) in [6.45, 7) is 2.64. The largest absolute Gasteiger partial charge is 0.481 e. The Hall–Kier alpha value is -1.81. The van der Waals surface area contributed by atoms with Gasteiger partial charge in [-0.2, -0.15) is 5.10 Å². The Morgan fingerprint density at radius 2 is 2.11 bits per heavy atom. The van der Waals surface area contributed by atoms with Gasteiger partial charge in [0.2, 0.25) is 0 Å². The summed E-state index contributed by atoms with van der Waals surface area (Å²) in [5.74, 6) is -0.831. The van der Waals surface area contributed by atoms with Crippen molar-refractivity contribution in [1.29, 1.82) is 0 Å². The minimum absolute atomic E-state index is 0.0653. The highest BCUT2D eigenvalue weighted by Gasteiger charge is 2.10. The molecule has 0 amide bonds. The summed E-state index contributed by atoms with van der Waals surface area (Å²) in [5.41, 5.74) is 3.11. The second-order valence-corrected chi connectivity index (χ2v) is 4.80. The van der Waals surface area contributed by atoms with Gasteiger partial charge in [0.15, 0.2) is 0 Å². The number of aliphatic carboxylic acids is 1. The Morgan fingerprint density at radius 3 is 2.79 bits per heavy atom. The third-order valence-electron chi connectivity index (χ3n) is 3.03. The molecule has 0 radical (unpaired) electrons. The first kappa shape index (κ1) is 13.6. The first-order valence-electron chi connectivity index (χ1n) is 6.04. The minimum Gasteiger partial charge on any atom is -0.481 e. The number of benzene rings is 1. The van der Waals surface area contributed by atoms with Crippen LogP contribution in [0.4, 0.5) is 0 Å². The second-order valence-electron chi connectivity index (χ2n) is 4.44. The minimum atomic E-state index is -0.831. The lowest BCUT2D eigenvalue weighted by Gasteiger charge is -2.07. The van der Waals surface area contributed by atoms with Gasteiger partial charge in [-0.25, -0.2) is 4.68 Å². The summed E-state index contributed by atoms with van der Waals surface area (Å²) in [5, 5.41) is 13.4. The van der Waals surface area contributed by atoms with Crippen LogP contribution in [-0.4, -0.2) is 20.9 Å². The van der Waals surface area contributed by atoms with Gasteiger partial charge in [-0.1, -0.05) is 35.9 Å². The Balaban J connectivity index is 2.14. The molecule has 0 aliphatic carbocycles. The molecule has 2 aromatic rings. The van der Waals surface area contributed by atoms with Crippen molar-refractivity contribution < 1.29 is 9.90 Å². The topological polar surface area (TPSA) is 55.1 Å². The van der Waals surface area contributed by atoms with Crippen molar-refractivity contribution in [2.45, 2.75) is 26.3 Å². The molecular weight excluding hydrogens is 264 g/mol. The van der Waals surface area contributed by atoms with Gasteiger partial charge in [0.25, 0.3) is 0 Å². The van der Waals surface area contributed by atoms with E-state index in [0.29, 0.717) is 18.1 Å². The summed E-state index contributed by atoms with van der Waals surface area (Å²) in [4.78, 5) is 10.6. The summed E-state index contributed by atoms with van der Waals surface area (Å²) < 4.78 is 1.70. The van der Waals surface area contributed by atoms with Crippen LogP contribution >= 0.6 is 11.6 Å². The van der Waals surface area contributed by atoms with Gasteiger partial charge in [-0.05, 0) is 24.5 Å². The SMILES string of the molecule is Cc1ccccc1Cn1ncc(CCC(=O)O)c1Cl. The van der Waals surface area contributed by atoms with Crippen LogP contribution in [0, 0.1) is 6.92 Å². The smallest absolute Gasteiger partial charge is 0.303 e. The van der Waals surface area contributed by atoms with Gasteiger partial charge in [0, 0.05) is 12.0 Å². The van der Waals surface area contributed by atoms with Crippen LogP contribution in [-0.2, 0) is 17.8 Å². The molecule has 4 nitrogen and oxygen atoms in total. The zero-order valence-electron chi connectivity index (χ0n) is 10.6. The number of aryl methyl sites for hydroxylation is 2. The molecule has 0 spiro atoms. The zero-order valence-corrected chi connectivity index (χ0v) is 11.4. The van der Waals surface area contributed by atoms with Crippen LogP contribution in [0.15, 0.2) is 30.5 Å². The maximum absolute atomic E-state index is 10.6. The first-order valence-corrected chi connectivity index (χ1v) is 6.42. The quantitative estimate of drug-likeness (QED) is 0.915. The van der Waals surface area contributed by atoms with Gasteiger partial charge in [0.1, 0.15) is 5.15 Å². The summed E-state index contributed by atoms with van der Waals surface area (Å²) in [7, 11) is 0. The molecule has 0 saturated heterocycles. The molecule has 1 heterocycles. The molecule has 1 aromatic carbocycles. The van der Waals surface area contributed by atoms with Crippen molar-refractivity contribution in [2.75, 3.05) is 0 Å². The molecule has 0 atom stereocenters. The summed E-state index contributed by atoms with van der Waals surface area (Å²) >= 11 is 6.22. The van der Waals surface area contributed by atoms with Crippen molar-refractivity contribution in [3.63, 3.8) is 0 Å². The molecule has 100 valence electrons. The van der Waals surface area contributed by atoms with Crippen molar-refractivity contribution >= 4 is 17.6 Å². The van der Waals surface area contributed by atoms with Gasteiger partial charge in [-0.15, -0.1) is 0 Å². The number of nitrogens with zero attached hydrogens (tertiary/aromatic N) is 2. The number of aromatic nitrogens is 2. The van der Waals surface area contributed by atoms with Crippen LogP contribution in [0.3, 0.4) is 0 Å². The van der Waals surface area contributed by atoms with Gasteiger partial charge in [-0.3, -0.25) is 4.79 Å². The number of hydrogen-bond donors (Lipinski definition) is 1. The van der Waals surface area contributed by atoms with E-state index in [9.17, 15) is 4.79 Å². The van der Waals surface area contributed by atoms with Crippen molar-refractivity contribution in [3.05, 3.63) is 52.3 Å². The Bertz CT molecular complexity index is 593. The molecule has 0 aliphatic heterocycles. The standard InChI is InChI=1S/C14H15ClN2O2/c1-10-4-2-3-5-12(10)9-17-14(15)11(8-16-17)6-7-13(18)19/h2-5,8H,6-7,9H2,1H3,(H,18,19). The number of halogens is 1. The molecule has 1 aromatic heterocycles. The molecular formula is C14H15ClN2O2. The fourth-order valence-electron chi connectivity index (χ4n) is 1.88. The number of hydrogen-bond acceptors (Lipinski definition) is 2. The molecule has 0 unspecified atom stereocenters. The predicted molar refractivity (Wildman–Crippen MR) is 73.5 cm³/mol. The Morgan fingerprint density at radius 1 is 1.37 bits per heavy atom. The van der Waals surface area contributed by atoms with E-state index in [-0.39, 0.29) is 6.42 Å². The number of carboxylic acids is 1. The third-order valence-corrected chi connectivity index (χ3v) is 3.47.